The van der Waals surface area contributed by atoms with Gasteiger partial charge in [-0.05, 0) is 35.7 Å². The molecule has 1 aliphatic rings. The summed E-state index contributed by atoms with van der Waals surface area (Å²) in [5.41, 5.74) is 2.40. The third-order valence-electron chi connectivity index (χ3n) is 6.25. The van der Waals surface area contributed by atoms with Gasteiger partial charge in [0.15, 0.2) is 11.5 Å². The molecule has 1 atom stereocenters. The molecule has 0 unspecified atom stereocenters. The largest absolute Gasteiger partial charge is 0.454 e. The van der Waals surface area contributed by atoms with Crippen LogP contribution in [0.5, 0.6) is 11.5 Å². The quantitative estimate of drug-likeness (QED) is 0.403. The van der Waals surface area contributed by atoms with Crippen molar-refractivity contribution in [2.75, 3.05) is 19.6 Å². The first kappa shape index (κ1) is 27.2. The summed E-state index contributed by atoms with van der Waals surface area (Å²) in [5.74, 6) is 0.436. The van der Waals surface area contributed by atoms with Crippen LogP contribution in [0.2, 0.25) is 0 Å². The second-order valence-electron chi connectivity index (χ2n) is 9.11. The maximum absolute atomic E-state index is 13.6. The number of nitrogens with one attached hydrogen (secondary N) is 1. The van der Waals surface area contributed by atoms with E-state index in [4.69, 9.17) is 9.47 Å². The Hall–Kier alpha value is -3.89. The van der Waals surface area contributed by atoms with Gasteiger partial charge in [-0.2, -0.15) is 4.31 Å². The van der Waals surface area contributed by atoms with E-state index in [1.807, 2.05) is 54.6 Å². The number of fused-ring (bicyclic) bond motifs is 1. The second-order valence-corrected chi connectivity index (χ2v) is 11.1. The number of ether oxygens (including phenoxy) is 2. The van der Waals surface area contributed by atoms with Gasteiger partial charge in [-0.3, -0.25) is 9.59 Å². The van der Waals surface area contributed by atoms with Crippen molar-refractivity contribution in [1.29, 1.82) is 0 Å². The molecule has 0 spiro atoms. The monoisotopic (exact) mass is 537 g/mol. The highest BCUT2D eigenvalue weighted by Gasteiger charge is 2.30. The standard InChI is InChI=1S/C28H31N3O6S/c1-21(28(33)29-16-24-13-14-25-26(15-24)37-20-36-25)31(18-23-11-7-4-8-12-23)27(32)19-30(38(2,34)35)17-22-9-5-3-6-10-22/h3-15,21H,16-20H2,1-2H3,(H,29,33)/t21-/m0/s1. The van der Waals surface area contributed by atoms with E-state index in [1.165, 1.54) is 4.90 Å². The zero-order valence-corrected chi connectivity index (χ0v) is 22.2. The topological polar surface area (TPSA) is 105 Å². The highest BCUT2D eigenvalue weighted by atomic mass is 32.2. The maximum atomic E-state index is 13.6. The van der Waals surface area contributed by atoms with Crippen LogP contribution in [0.15, 0.2) is 78.9 Å². The van der Waals surface area contributed by atoms with Gasteiger partial charge in [0.1, 0.15) is 6.04 Å². The summed E-state index contributed by atoms with van der Waals surface area (Å²) in [7, 11) is -3.70. The summed E-state index contributed by atoms with van der Waals surface area (Å²) in [6, 6.07) is 22.9. The number of benzene rings is 3. The SMILES string of the molecule is C[C@@H](C(=O)NCc1ccc2c(c1)OCO2)N(Cc1ccccc1)C(=O)CN(Cc1ccccc1)S(C)(=O)=O. The number of carbonyl (C=O) groups is 2. The van der Waals surface area contributed by atoms with E-state index in [1.54, 1.807) is 31.2 Å². The Bertz CT molecular complexity index is 1370. The molecule has 10 heteroatoms. The number of sulfonamides is 1. The van der Waals surface area contributed by atoms with Crippen LogP contribution >= 0.6 is 0 Å². The third kappa shape index (κ3) is 7.11. The van der Waals surface area contributed by atoms with Crippen LogP contribution in [-0.4, -0.2) is 55.1 Å². The molecule has 2 amide bonds. The first-order valence-electron chi connectivity index (χ1n) is 12.2. The zero-order chi connectivity index (χ0) is 27.1. The summed E-state index contributed by atoms with van der Waals surface area (Å²) in [6.07, 6.45) is 1.08. The normalized spacial score (nSPS) is 13.2. The van der Waals surface area contributed by atoms with E-state index in [0.29, 0.717) is 11.5 Å². The number of hydrogen-bond acceptors (Lipinski definition) is 6. The summed E-state index contributed by atoms with van der Waals surface area (Å²) in [6.45, 7) is 1.85. The van der Waals surface area contributed by atoms with Crippen LogP contribution in [0.25, 0.3) is 0 Å². The molecule has 9 nitrogen and oxygen atoms in total. The molecule has 0 aromatic heterocycles. The minimum atomic E-state index is -3.70. The number of rotatable bonds is 11. The molecule has 200 valence electrons. The van der Waals surface area contributed by atoms with Gasteiger partial charge in [0, 0.05) is 19.6 Å². The van der Waals surface area contributed by atoms with Crippen LogP contribution in [0.4, 0.5) is 0 Å². The highest BCUT2D eigenvalue weighted by Crippen LogP contribution is 2.32. The summed E-state index contributed by atoms with van der Waals surface area (Å²) in [5, 5.41) is 2.87. The fourth-order valence-corrected chi connectivity index (χ4v) is 4.80. The summed E-state index contributed by atoms with van der Waals surface area (Å²) in [4.78, 5) is 28.1. The Balaban J connectivity index is 1.49. The van der Waals surface area contributed by atoms with Gasteiger partial charge in [0.05, 0.1) is 12.8 Å². The predicted molar refractivity (Wildman–Crippen MR) is 143 cm³/mol. The van der Waals surface area contributed by atoms with E-state index < -0.39 is 22.0 Å². The summed E-state index contributed by atoms with van der Waals surface area (Å²) >= 11 is 0. The van der Waals surface area contributed by atoms with E-state index in [0.717, 1.165) is 27.3 Å². The number of hydrogen-bond donors (Lipinski definition) is 1. The first-order valence-corrected chi connectivity index (χ1v) is 14.0. The van der Waals surface area contributed by atoms with Gasteiger partial charge in [-0.1, -0.05) is 66.7 Å². The average molecular weight is 538 g/mol. The average Bonchev–Trinajstić information content (AvgIpc) is 3.38. The molecule has 3 aromatic rings. The molecule has 38 heavy (non-hydrogen) atoms. The minimum absolute atomic E-state index is 0.0509. The molecule has 0 saturated heterocycles. The fourth-order valence-electron chi connectivity index (χ4n) is 4.07. The van der Waals surface area contributed by atoms with Gasteiger partial charge in [-0.25, -0.2) is 8.42 Å². The second kappa shape index (κ2) is 12.1. The molecule has 0 aliphatic carbocycles. The molecule has 1 N–H and O–H groups in total. The molecule has 0 bridgehead atoms. The van der Waals surface area contributed by atoms with Gasteiger partial charge in [-0.15, -0.1) is 0 Å². The smallest absolute Gasteiger partial charge is 0.242 e. The van der Waals surface area contributed by atoms with Crippen molar-refractivity contribution in [3.05, 3.63) is 95.6 Å². The van der Waals surface area contributed by atoms with E-state index in [-0.39, 0.29) is 38.9 Å². The van der Waals surface area contributed by atoms with Crippen molar-refractivity contribution in [1.82, 2.24) is 14.5 Å². The molecule has 1 heterocycles. The molecule has 1 aliphatic heterocycles. The molecule has 0 fully saturated rings. The van der Waals surface area contributed by atoms with Crippen molar-refractivity contribution < 1.29 is 27.5 Å². The molecular formula is C28H31N3O6S. The van der Waals surface area contributed by atoms with Crippen LogP contribution in [0.1, 0.15) is 23.6 Å². The molecule has 3 aromatic carbocycles. The van der Waals surface area contributed by atoms with Crippen molar-refractivity contribution in [3.8, 4) is 11.5 Å². The first-order chi connectivity index (χ1) is 18.2. The van der Waals surface area contributed by atoms with E-state index in [2.05, 4.69) is 5.32 Å². The lowest BCUT2D eigenvalue weighted by atomic mass is 10.1. The van der Waals surface area contributed by atoms with Crippen molar-refractivity contribution in [3.63, 3.8) is 0 Å². The Labute approximate surface area is 223 Å². The minimum Gasteiger partial charge on any atom is -0.454 e. The highest BCUT2D eigenvalue weighted by molar-refractivity contribution is 7.88. The lowest BCUT2D eigenvalue weighted by molar-refractivity contribution is -0.140. The fraction of sp³-hybridized carbons (Fsp3) is 0.286. The Morgan fingerprint density at radius 2 is 1.47 bits per heavy atom. The van der Waals surface area contributed by atoms with Crippen LogP contribution in [0.3, 0.4) is 0 Å². The van der Waals surface area contributed by atoms with Crippen molar-refractivity contribution in [2.45, 2.75) is 32.6 Å². The van der Waals surface area contributed by atoms with Gasteiger partial charge >= 0.3 is 0 Å². The Kier molecular flexibility index (Phi) is 8.65. The van der Waals surface area contributed by atoms with E-state index in [9.17, 15) is 18.0 Å². The maximum Gasteiger partial charge on any atom is 0.242 e. The lowest BCUT2D eigenvalue weighted by Gasteiger charge is -2.31. The molecule has 4 rings (SSSR count). The van der Waals surface area contributed by atoms with Crippen LogP contribution < -0.4 is 14.8 Å². The van der Waals surface area contributed by atoms with Crippen LogP contribution in [0, 0.1) is 0 Å². The van der Waals surface area contributed by atoms with E-state index >= 15 is 0 Å². The third-order valence-corrected chi connectivity index (χ3v) is 7.45. The zero-order valence-electron chi connectivity index (χ0n) is 21.4. The van der Waals surface area contributed by atoms with Gasteiger partial charge in [0.2, 0.25) is 28.6 Å². The Morgan fingerprint density at radius 1 is 0.868 bits per heavy atom. The van der Waals surface area contributed by atoms with Crippen molar-refractivity contribution in [2.24, 2.45) is 0 Å². The van der Waals surface area contributed by atoms with Crippen molar-refractivity contribution >= 4 is 21.8 Å². The predicted octanol–water partition coefficient (Wildman–Crippen LogP) is 2.91. The number of amides is 2. The molecule has 0 saturated carbocycles. The number of nitrogens with zero attached hydrogens (tertiary/aromatic N) is 2. The Morgan fingerprint density at radius 3 is 2.11 bits per heavy atom. The van der Waals surface area contributed by atoms with Crippen LogP contribution in [-0.2, 0) is 39.2 Å². The lowest BCUT2D eigenvalue weighted by Crippen LogP contribution is -2.50. The van der Waals surface area contributed by atoms with Gasteiger partial charge in [0.25, 0.3) is 0 Å². The summed E-state index contributed by atoms with van der Waals surface area (Å²) < 4.78 is 36.9. The molecule has 0 radical (unpaired) electrons. The molecular weight excluding hydrogens is 506 g/mol. The van der Waals surface area contributed by atoms with Gasteiger partial charge < -0.3 is 19.7 Å². The number of carbonyl (C=O) groups excluding carboxylic acids is 2.